The number of hydrogen-bond acceptors (Lipinski definition) is 6. The van der Waals surface area contributed by atoms with Crippen LogP contribution in [0.1, 0.15) is 21.6 Å². The standard InChI is InChI=1S/C29H22N6O3/c1-38-29(37)19-13-22(30-16-19)14-24-23-11-10-21(15-25(23)32-28(24)36)31-20-9-5-8-18(12-20)27-33-26(34-35-27)17-6-3-2-4-7-17/h2-16,30-31H,1H3,(H,32,36)(H,33,34,35). The minimum absolute atomic E-state index is 0.215. The van der Waals surface area contributed by atoms with Gasteiger partial charge in [-0.1, -0.05) is 48.5 Å². The van der Waals surface area contributed by atoms with Crippen molar-refractivity contribution in [3.63, 3.8) is 0 Å². The lowest BCUT2D eigenvalue weighted by molar-refractivity contribution is -0.110. The number of aromatic amines is 2. The maximum absolute atomic E-state index is 12.7. The van der Waals surface area contributed by atoms with Crippen LogP contribution in [0.5, 0.6) is 0 Å². The zero-order valence-corrected chi connectivity index (χ0v) is 20.3. The Morgan fingerprint density at radius 3 is 2.47 bits per heavy atom. The molecule has 5 aromatic rings. The van der Waals surface area contributed by atoms with Crippen LogP contribution in [0, 0.1) is 0 Å². The molecule has 6 rings (SSSR count). The Kier molecular flexibility index (Phi) is 5.78. The molecule has 0 atom stereocenters. The lowest BCUT2D eigenvalue weighted by Gasteiger charge is -2.09. The molecule has 9 heteroatoms. The molecule has 0 saturated carbocycles. The molecule has 38 heavy (non-hydrogen) atoms. The first-order valence-electron chi connectivity index (χ1n) is 11.9. The molecule has 0 aliphatic carbocycles. The number of H-pyrrole nitrogens is 2. The highest BCUT2D eigenvalue weighted by atomic mass is 16.5. The summed E-state index contributed by atoms with van der Waals surface area (Å²) in [7, 11) is 1.33. The molecule has 3 aromatic carbocycles. The molecule has 1 amide bonds. The molecule has 2 aromatic heterocycles. The van der Waals surface area contributed by atoms with Gasteiger partial charge in [0.15, 0.2) is 11.6 Å². The maximum atomic E-state index is 12.7. The third-order valence-electron chi connectivity index (χ3n) is 6.19. The van der Waals surface area contributed by atoms with E-state index >= 15 is 0 Å². The summed E-state index contributed by atoms with van der Waals surface area (Å²) in [6.07, 6.45) is 3.26. The largest absolute Gasteiger partial charge is 0.465 e. The van der Waals surface area contributed by atoms with Gasteiger partial charge in [0.05, 0.1) is 23.9 Å². The number of rotatable bonds is 6. The van der Waals surface area contributed by atoms with Crippen molar-refractivity contribution in [3.8, 4) is 22.8 Å². The highest BCUT2D eigenvalue weighted by Gasteiger charge is 2.24. The fourth-order valence-corrected chi connectivity index (χ4v) is 4.33. The summed E-state index contributed by atoms with van der Waals surface area (Å²) in [6.45, 7) is 0. The summed E-state index contributed by atoms with van der Waals surface area (Å²) in [5, 5.41) is 14.9. The number of esters is 1. The summed E-state index contributed by atoms with van der Waals surface area (Å²) in [5.74, 6) is 0.719. The van der Waals surface area contributed by atoms with E-state index in [1.165, 1.54) is 7.11 Å². The maximum Gasteiger partial charge on any atom is 0.339 e. The smallest absolute Gasteiger partial charge is 0.339 e. The molecule has 1 aliphatic rings. The number of nitrogens with zero attached hydrogens (tertiary/aromatic N) is 2. The van der Waals surface area contributed by atoms with Crippen molar-refractivity contribution in [2.24, 2.45) is 0 Å². The van der Waals surface area contributed by atoms with Crippen molar-refractivity contribution in [1.82, 2.24) is 20.2 Å². The zero-order chi connectivity index (χ0) is 26.1. The van der Waals surface area contributed by atoms with Gasteiger partial charge >= 0.3 is 5.97 Å². The summed E-state index contributed by atoms with van der Waals surface area (Å²) >= 11 is 0. The Balaban J connectivity index is 1.22. The Morgan fingerprint density at radius 1 is 0.895 bits per heavy atom. The predicted molar refractivity (Wildman–Crippen MR) is 146 cm³/mol. The van der Waals surface area contributed by atoms with Crippen molar-refractivity contribution >= 4 is 40.6 Å². The summed E-state index contributed by atoms with van der Waals surface area (Å²) in [5.41, 5.74) is 6.54. The molecule has 3 heterocycles. The molecule has 1 aliphatic heterocycles. The fraction of sp³-hybridized carbons (Fsp3) is 0.0345. The first-order valence-corrected chi connectivity index (χ1v) is 11.9. The monoisotopic (exact) mass is 502 g/mol. The minimum Gasteiger partial charge on any atom is -0.465 e. The van der Waals surface area contributed by atoms with Gasteiger partial charge in [0, 0.05) is 40.0 Å². The van der Waals surface area contributed by atoms with Crippen LogP contribution in [-0.2, 0) is 9.53 Å². The van der Waals surface area contributed by atoms with Gasteiger partial charge in [-0.3, -0.25) is 4.79 Å². The van der Waals surface area contributed by atoms with Gasteiger partial charge in [0.25, 0.3) is 5.91 Å². The number of carbonyl (C=O) groups is 2. The molecule has 0 bridgehead atoms. The Labute approximate surface area is 217 Å². The van der Waals surface area contributed by atoms with Gasteiger partial charge in [-0.2, -0.15) is 0 Å². The molecular formula is C29H22N6O3. The van der Waals surface area contributed by atoms with Crippen LogP contribution in [0.25, 0.3) is 34.4 Å². The van der Waals surface area contributed by atoms with Gasteiger partial charge in [-0.25, -0.2) is 4.79 Å². The lowest BCUT2D eigenvalue weighted by atomic mass is 10.1. The zero-order valence-electron chi connectivity index (χ0n) is 20.3. The molecule has 4 N–H and O–H groups in total. The van der Waals surface area contributed by atoms with Crippen LogP contribution in [0.15, 0.2) is 85.1 Å². The third kappa shape index (κ3) is 4.44. The van der Waals surface area contributed by atoms with E-state index in [0.717, 1.165) is 28.1 Å². The molecule has 9 nitrogen and oxygen atoms in total. The number of amides is 1. The number of fused-ring (bicyclic) bond motifs is 1. The van der Waals surface area contributed by atoms with E-state index in [9.17, 15) is 9.59 Å². The number of carbonyl (C=O) groups excluding carboxylic acids is 2. The van der Waals surface area contributed by atoms with E-state index < -0.39 is 5.97 Å². The van der Waals surface area contributed by atoms with Crippen LogP contribution in [0.3, 0.4) is 0 Å². The fourth-order valence-electron chi connectivity index (χ4n) is 4.33. The van der Waals surface area contributed by atoms with Crippen LogP contribution in [0.4, 0.5) is 17.1 Å². The molecule has 0 saturated heterocycles. The quantitative estimate of drug-likeness (QED) is 0.180. The van der Waals surface area contributed by atoms with E-state index in [-0.39, 0.29) is 5.91 Å². The average molecular weight is 503 g/mol. The lowest BCUT2D eigenvalue weighted by Crippen LogP contribution is -2.03. The number of benzene rings is 3. The highest BCUT2D eigenvalue weighted by molar-refractivity contribution is 6.35. The van der Waals surface area contributed by atoms with Crippen LogP contribution >= 0.6 is 0 Å². The molecule has 0 radical (unpaired) electrons. The van der Waals surface area contributed by atoms with E-state index in [2.05, 4.69) is 30.8 Å². The highest BCUT2D eigenvalue weighted by Crippen LogP contribution is 2.36. The molecule has 0 spiro atoms. The second-order valence-electron chi connectivity index (χ2n) is 8.70. The number of hydrogen-bond donors (Lipinski definition) is 4. The topological polar surface area (TPSA) is 125 Å². The van der Waals surface area contributed by atoms with Gasteiger partial charge in [-0.15, -0.1) is 10.2 Å². The number of ether oxygens (including phenoxy) is 1. The Hall–Kier alpha value is -5.44. The summed E-state index contributed by atoms with van der Waals surface area (Å²) in [4.78, 5) is 30.7. The molecule has 0 fully saturated rings. The average Bonchev–Trinajstić information content (AvgIpc) is 3.69. The van der Waals surface area contributed by atoms with Crippen LogP contribution in [0.2, 0.25) is 0 Å². The van der Waals surface area contributed by atoms with Crippen molar-refractivity contribution in [2.45, 2.75) is 0 Å². The summed E-state index contributed by atoms with van der Waals surface area (Å²) in [6, 6.07) is 25.0. The summed E-state index contributed by atoms with van der Waals surface area (Å²) < 4.78 is 4.74. The molecule has 186 valence electrons. The SMILES string of the molecule is COC(=O)c1c[nH]c(C=C2C(=O)Nc3cc(Nc4cccc(-c5nnc(-c6ccccc6)[nH]5)c4)ccc32)c1. The third-order valence-corrected chi connectivity index (χ3v) is 6.19. The van der Waals surface area contributed by atoms with E-state index in [4.69, 9.17) is 4.74 Å². The van der Waals surface area contributed by atoms with E-state index in [1.54, 1.807) is 18.3 Å². The van der Waals surface area contributed by atoms with Gasteiger partial charge in [0.2, 0.25) is 0 Å². The van der Waals surface area contributed by atoms with Crippen LogP contribution < -0.4 is 10.6 Å². The predicted octanol–water partition coefficient (Wildman–Crippen LogP) is 5.49. The first kappa shape index (κ1) is 23.0. The number of aromatic nitrogens is 4. The van der Waals surface area contributed by atoms with E-state index in [1.807, 2.05) is 72.8 Å². The van der Waals surface area contributed by atoms with Gasteiger partial charge in [0.1, 0.15) is 0 Å². The molecule has 0 unspecified atom stereocenters. The second kappa shape index (κ2) is 9.55. The van der Waals surface area contributed by atoms with Crippen molar-refractivity contribution < 1.29 is 14.3 Å². The van der Waals surface area contributed by atoms with Gasteiger partial charge < -0.3 is 25.3 Å². The van der Waals surface area contributed by atoms with Gasteiger partial charge in [-0.05, 0) is 36.4 Å². The van der Waals surface area contributed by atoms with Crippen LogP contribution in [-0.4, -0.2) is 39.2 Å². The Morgan fingerprint density at radius 2 is 1.66 bits per heavy atom. The normalized spacial score (nSPS) is 13.3. The van der Waals surface area contributed by atoms with Crippen molar-refractivity contribution in [3.05, 3.63) is 102 Å². The van der Waals surface area contributed by atoms with Crippen molar-refractivity contribution in [2.75, 3.05) is 17.7 Å². The number of nitrogens with one attached hydrogen (secondary N) is 4. The van der Waals surface area contributed by atoms with E-state index in [0.29, 0.717) is 34.2 Å². The minimum atomic E-state index is -0.443. The van der Waals surface area contributed by atoms with Crippen molar-refractivity contribution in [1.29, 1.82) is 0 Å². The Bertz CT molecular complexity index is 1700. The molecular weight excluding hydrogens is 480 g/mol. The number of methoxy groups -OCH3 is 1. The number of anilines is 3. The second-order valence-corrected chi connectivity index (χ2v) is 8.70. The first-order chi connectivity index (χ1) is 18.6.